The van der Waals surface area contributed by atoms with E-state index in [4.69, 9.17) is 0 Å². The minimum Gasteiger partial charge on any atom is -0.358 e. The Bertz CT molecular complexity index is 643. The van der Waals surface area contributed by atoms with Gasteiger partial charge in [0.1, 0.15) is 0 Å². The van der Waals surface area contributed by atoms with E-state index in [9.17, 15) is 4.79 Å². The average molecular weight is 254 g/mol. The lowest BCUT2D eigenvalue weighted by molar-refractivity contribution is -0.117. The Balaban J connectivity index is 1.90. The van der Waals surface area contributed by atoms with Crippen molar-refractivity contribution < 1.29 is 4.79 Å². The third-order valence-corrected chi connectivity index (χ3v) is 4.72. The number of hydrogen-bond acceptors (Lipinski definition) is 3. The number of hydrogen-bond donors (Lipinski definition) is 2. The second-order valence-corrected chi connectivity index (χ2v) is 5.66. The lowest BCUT2D eigenvalue weighted by Crippen LogP contribution is -2.35. The van der Waals surface area contributed by atoms with Crippen LogP contribution in [0.2, 0.25) is 0 Å². The van der Waals surface area contributed by atoms with Crippen LogP contribution in [0.5, 0.6) is 0 Å². The number of carbonyl (C=O) groups is 1. The van der Waals surface area contributed by atoms with Crippen molar-refractivity contribution in [3.05, 3.63) is 54.1 Å². The first-order valence-corrected chi connectivity index (χ1v) is 6.58. The number of nitrogens with one attached hydrogen (secondary N) is 2. The topological polar surface area (TPSA) is 41.1 Å². The van der Waals surface area contributed by atoms with Crippen molar-refractivity contribution in [1.29, 1.82) is 0 Å². The molecule has 0 fully saturated rings. The molecule has 2 aromatic carbocycles. The number of thioether (sulfide) groups is 1. The maximum Gasteiger partial charge on any atom is 0.265 e. The molecular formula is C14H10N2OS. The Labute approximate surface area is 109 Å². The fourth-order valence-corrected chi connectivity index (χ4v) is 3.79. The van der Waals surface area contributed by atoms with Crippen molar-refractivity contribution in [2.24, 2.45) is 0 Å². The van der Waals surface area contributed by atoms with Crippen molar-refractivity contribution in [1.82, 2.24) is 0 Å². The lowest BCUT2D eigenvalue weighted by Gasteiger charge is -2.21. The molecule has 0 radical (unpaired) electrons. The molecule has 88 valence electrons. The predicted octanol–water partition coefficient (Wildman–Crippen LogP) is 3.01. The first kappa shape index (κ1) is 10.0. The van der Waals surface area contributed by atoms with Crippen LogP contribution in [0.15, 0.2) is 53.4 Å². The van der Waals surface area contributed by atoms with Crippen LogP contribution in [0.4, 0.5) is 11.4 Å². The van der Waals surface area contributed by atoms with Crippen molar-refractivity contribution in [2.45, 2.75) is 9.77 Å². The number of carbonyl (C=O) groups excluding carboxylic acids is 1. The fraction of sp³-hybridized carbons (Fsp3) is 0.0714. The van der Waals surface area contributed by atoms with Crippen molar-refractivity contribution in [3.8, 4) is 0 Å². The minimum absolute atomic E-state index is 0.00454. The summed E-state index contributed by atoms with van der Waals surface area (Å²) in [5.74, 6) is 0.00454. The summed E-state index contributed by atoms with van der Waals surface area (Å²) in [6, 6.07) is 15.8. The van der Waals surface area contributed by atoms with Crippen LogP contribution in [-0.4, -0.2) is 5.91 Å². The van der Waals surface area contributed by atoms with Gasteiger partial charge in [0.05, 0.1) is 0 Å². The van der Waals surface area contributed by atoms with Crippen LogP contribution in [-0.2, 0) is 9.67 Å². The fourth-order valence-electron chi connectivity index (χ4n) is 2.50. The van der Waals surface area contributed by atoms with E-state index in [-0.39, 0.29) is 5.91 Å². The van der Waals surface area contributed by atoms with Crippen LogP contribution in [0, 0.1) is 0 Å². The van der Waals surface area contributed by atoms with Crippen LogP contribution in [0.25, 0.3) is 0 Å². The zero-order chi connectivity index (χ0) is 12.2. The van der Waals surface area contributed by atoms with E-state index in [2.05, 4.69) is 10.6 Å². The zero-order valence-electron chi connectivity index (χ0n) is 9.44. The highest BCUT2D eigenvalue weighted by Crippen LogP contribution is 2.55. The molecule has 0 bridgehead atoms. The van der Waals surface area contributed by atoms with Crippen molar-refractivity contribution >= 4 is 29.0 Å². The molecule has 18 heavy (non-hydrogen) atoms. The summed E-state index contributed by atoms with van der Waals surface area (Å²) in [4.78, 5) is 12.8. The van der Waals surface area contributed by atoms with E-state index < -0.39 is 4.87 Å². The second-order valence-electron chi connectivity index (χ2n) is 4.40. The Morgan fingerprint density at radius 2 is 1.67 bits per heavy atom. The average Bonchev–Trinajstić information content (AvgIpc) is 2.90. The van der Waals surface area contributed by atoms with E-state index >= 15 is 0 Å². The van der Waals surface area contributed by atoms with Gasteiger partial charge in [0, 0.05) is 21.8 Å². The number of rotatable bonds is 0. The number of fused-ring (bicyclic) bond motifs is 3. The molecule has 2 aliphatic heterocycles. The molecule has 2 N–H and O–H groups in total. The van der Waals surface area contributed by atoms with Crippen LogP contribution >= 0.6 is 11.8 Å². The normalized spacial score (nSPS) is 23.4. The SMILES string of the molecule is O=C1Nc2ccccc2[C@]12Nc1ccccc1S2. The Morgan fingerprint density at radius 1 is 0.944 bits per heavy atom. The minimum atomic E-state index is -0.694. The first-order valence-electron chi connectivity index (χ1n) is 5.77. The summed E-state index contributed by atoms with van der Waals surface area (Å²) in [5.41, 5.74) is 2.93. The quantitative estimate of drug-likeness (QED) is 0.759. The smallest absolute Gasteiger partial charge is 0.265 e. The van der Waals surface area contributed by atoms with Crippen LogP contribution in [0.3, 0.4) is 0 Å². The highest BCUT2D eigenvalue weighted by Gasteiger charge is 2.51. The molecule has 0 aromatic heterocycles. The predicted molar refractivity (Wildman–Crippen MR) is 72.7 cm³/mol. The molecule has 4 heteroatoms. The largest absolute Gasteiger partial charge is 0.358 e. The molecule has 0 unspecified atom stereocenters. The van der Waals surface area contributed by atoms with E-state index in [1.807, 2.05) is 48.5 Å². The molecule has 2 aliphatic rings. The van der Waals surface area contributed by atoms with Gasteiger partial charge in [-0.05, 0) is 18.2 Å². The van der Waals surface area contributed by atoms with Gasteiger partial charge in [-0.25, -0.2) is 0 Å². The number of anilines is 2. The highest BCUT2D eigenvalue weighted by atomic mass is 32.2. The lowest BCUT2D eigenvalue weighted by atomic mass is 10.1. The maximum absolute atomic E-state index is 12.3. The van der Waals surface area contributed by atoms with Gasteiger partial charge in [-0.3, -0.25) is 4.79 Å². The van der Waals surface area contributed by atoms with E-state index in [1.165, 1.54) is 0 Å². The molecule has 2 heterocycles. The Kier molecular flexibility index (Phi) is 1.84. The summed E-state index contributed by atoms with van der Waals surface area (Å²) in [5, 5.41) is 6.31. The molecule has 3 nitrogen and oxygen atoms in total. The third kappa shape index (κ3) is 1.13. The van der Waals surface area contributed by atoms with Crippen LogP contribution in [0.1, 0.15) is 5.56 Å². The van der Waals surface area contributed by atoms with Gasteiger partial charge >= 0.3 is 0 Å². The molecule has 1 amide bonds. The standard InChI is InChI=1S/C14H10N2OS/c17-13-14(9-5-1-2-6-10(9)15-13)16-11-7-3-4-8-12(11)18-14/h1-8,16H,(H,15,17)/t14-/m1/s1. The zero-order valence-corrected chi connectivity index (χ0v) is 10.3. The first-order chi connectivity index (χ1) is 8.79. The third-order valence-electron chi connectivity index (χ3n) is 3.34. The van der Waals surface area contributed by atoms with Gasteiger partial charge in [-0.2, -0.15) is 0 Å². The number of para-hydroxylation sites is 2. The number of amides is 1. The van der Waals surface area contributed by atoms with Crippen molar-refractivity contribution in [2.75, 3.05) is 10.6 Å². The maximum atomic E-state index is 12.3. The molecule has 1 atom stereocenters. The molecular weight excluding hydrogens is 244 g/mol. The molecule has 0 aliphatic carbocycles. The summed E-state index contributed by atoms with van der Waals surface area (Å²) in [6.07, 6.45) is 0. The Hall–Kier alpha value is -1.94. The molecule has 0 saturated carbocycles. The summed E-state index contributed by atoms with van der Waals surface area (Å²) in [6.45, 7) is 0. The van der Waals surface area contributed by atoms with Gasteiger partial charge in [0.2, 0.25) is 0 Å². The Morgan fingerprint density at radius 3 is 2.50 bits per heavy atom. The van der Waals surface area contributed by atoms with Gasteiger partial charge < -0.3 is 10.6 Å². The number of benzene rings is 2. The van der Waals surface area contributed by atoms with Gasteiger partial charge in [0.25, 0.3) is 5.91 Å². The molecule has 2 aromatic rings. The molecule has 4 rings (SSSR count). The monoisotopic (exact) mass is 254 g/mol. The second kappa shape index (κ2) is 3.29. The van der Waals surface area contributed by atoms with Gasteiger partial charge in [-0.15, -0.1) is 0 Å². The summed E-state index contributed by atoms with van der Waals surface area (Å²) < 4.78 is 0. The van der Waals surface area contributed by atoms with Crippen molar-refractivity contribution in [3.63, 3.8) is 0 Å². The van der Waals surface area contributed by atoms with Gasteiger partial charge in [0.15, 0.2) is 4.87 Å². The highest BCUT2D eigenvalue weighted by molar-refractivity contribution is 8.01. The van der Waals surface area contributed by atoms with E-state index in [0.29, 0.717) is 0 Å². The van der Waals surface area contributed by atoms with E-state index in [1.54, 1.807) is 11.8 Å². The molecule has 1 spiro atoms. The van der Waals surface area contributed by atoms with E-state index in [0.717, 1.165) is 21.8 Å². The molecule has 0 saturated heterocycles. The van der Waals surface area contributed by atoms with Crippen LogP contribution < -0.4 is 10.6 Å². The summed E-state index contributed by atoms with van der Waals surface area (Å²) in [7, 11) is 0. The van der Waals surface area contributed by atoms with Gasteiger partial charge in [-0.1, -0.05) is 42.1 Å². The summed E-state index contributed by atoms with van der Waals surface area (Å²) >= 11 is 1.57.